The molecule has 36 heavy (non-hydrogen) atoms. The second kappa shape index (κ2) is 7.01. The molecule has 3 aromatic heterocycles. The Balaban J connectivity index is 1.54. The minimum atomic E-state index is -1.62. The fraction of sp³-hybridized carbons (Fsp3) is 0. The van der Waals surface area contributed by atoms with Gasteiger partial charge in [0.25, 0.3) is 0 Å². The SMILES string of the molecule is OB(O)c1cccc2c1oc1c(-n3c4ccccc4c4cc5c(cc43)oc3ccccc35)cccc12. The molecule has 0 saturated heterocycles. The summed E-state index contributed by atoms with van der Waals surface area (Å²) in [4.78, 5) is 0. The van der Waals surface area contributed by atoms with Gasteiger partial charge in [0.2, 0.25) is 0 Å². The Morgan fingerprint density at radius 2 is 1.25 bits per heavy atom. The summed E-state index contributed by atoms with van der Waals surface area (Å²) in [7, 11) is -1.62. The van der Waals surface area contributed by atoms with E-state index < -0.39 is 7.12 Å². The first-order valence-electron chi connectivity index (χ1n) is 11.8. The minimum absolute atomic E-state index is 0.348. The molecule has 8 aromatic rings. The van der Waals surface area contributed by atoms with Crippen molar-refractivity contribution >= 4 is 78.3 Å². The van der Waals surface area contributed by atoms with Crippen molar-refractivity contribution < 1.29 is 18.9 Å². The van der Waals surface area contributed by atoms with E-state index in [-0.39, 0.29) is 0 Å². The molecule has 0 atom stereocenters. The molecule has 0 saturated carbocycles. The predicted octanol–water partition coefficient (Wildman–Crippen LogP) is 6.26. The summed E-state index contributed by atoms with van der Waals surface area (Å²) >= 11 is 0. The van der Waals surface area contributed by atoms with Crippen LogP contribution in [0.15, 0.2) is 106 Å². The number of rotatable bonds is 2. The van der Waals surface area contributed by atoms with Gasteiger partial charge in [0.15, 0.2) is 5.58 Å². The maximum Gasteiger partial charge on any atom is 0.492 e. The molecule has 0 aliphatic rings. The third-order valence-corrected chi connectivity index (χ3v) is 7.22. The summed E-state index contributed by atoms with van der Waals surface area (Å²) in [5.41, 5.74) is 6.16. The zero-order chi connectivity index (χ0) is 24.0. The van der Waals surface area contributed by atoms with Crippen LogP contribution in [0.25, 0.3) is 71.4 Å². The Kier molecular flexibility index (Phi) is 3.85. The van der Waals surface area contributed by atoms with Crippen molar-refractivity contribution in [1.29, 1.82) is 0 Å². The van der Waals surface area contributed by atoms with Crippen LogP contribution in [0.4, 0.5) is 0 Å². The molecule has 2 N–H and O–H groups in total. The summed E-state index contributed by atoms with van der Waals surface area (Å²) in [5.74, 6) is 0. The Labute approximate surface area is 204 Å². The second-order valence-electron chi connectivity index (χ2n) is 9.17. The van der Waals surface area contributed by atoms with E-state index in [0.29, 0.717) is 16.6 Å². The lowest BCUT2D eigenvalue weighted by atomic mass is 9.79. The van der Waals surface area contributed by atoms with E-state index in [1.165, 1.54) is 0 Å². The number of hydrogen-bond acceptors (Lipinski definition) is 4. The first-order chi connectivity index (χ1) is 17.7. The van der Waals surface area contributed by atoms with Crippen molar-refractivity contribution in [2.24, 2.45) is 0 Å². The number of aromatic nitrogens is 1. The van der Waals surface area contributed by atoms with E-state index in [1.54, 1.807) is 6.07 Å². The van der Waals surface area contributed by atoms with Crippen molar-refractivity contribution in [3.05, 3.63) is 97.1 Å². The summed E-state index contributed by atoms with van der Waals surface area (Å²) in [6.07, 6.45) is 0. The zero-order valence-corrected chi connectivity index (χ0v) is 19.0. The monoisotopic (exact) mass is 467 g/mol. The Morgan fingerprint density at radius 3 is 2.11 bits per heavy atom. The van der Waals surface area contributed by atoms with Crippen LogP contribution >= 0.6 is 0 Å². The van der Waals surface area contributed by atoms with Gasteiger partial charge in [0.1, 0.15) is 16.7 Å². The van der Waals surface area contributed by atoms with Crippen molar-refractivity contribution in [2.45, 2.75) is 0 Å². The average Bonchev–Trinajstić information content (AvgIpc) is 3.56. The van der Waals surface area contributed by atoms with E-state index >= 15 is 0 Å². The first kappa shape index (κ1) is 19.8. The van der Waals surface area contributed by atoms with Crippen molar-refractivity contribution in [3.63, 3.8) is 0 Å². The van der Waals surface area contributed by atoms with Crippen LogP contribution in [0.1, 0.15) is 0 Å². The maximum absolute atomic E-state index is 9.92. The molecule has 170 valence electrons. The number of furan rings is 2. The molecular formula is C30H18BNO4. The van der Waals surface area contributed by atoms with Gasteiger partial charge in [-0.1, -0.05) is 66.7 Å². The third kappa shape index (κ3) is 2.52. The fourth-order valence-corrected chi connectivity index (χ4v) is 5.65. The Hall–Kier alpha value is -4.52. The Bertz CT molecular complexity index is 2150. The molecule has 8 rings (SSSR count). The van der Waals surface area contributed by atoms with Gasteiger partial charge in [-0.2, -0.15) is 0 Å². The molecule has 5 aromatic carbocycles. The van der Waals surface area contributed by atoms with Gasteiger partial charge in [-0.3, -0.25) is 0 Å². The first-order valence-corrected chi connectivity index (χ1v) is 11.8. The molecule has 5 nitrogen and oxygen atoms in total. The molecule has 0 amide bonds. The van der Waals surface area contributed by atoms with Crippen LogP contribution in [0.2, 0.25) is 0 Å². The summed E-state index contributed by atoms with van der Waals surface area (Å²) in [5, 5.41) is 26.1. The van der Waals surface area contributed by atoms with Crippen molar-refractivity contribution in [2.75, 3.05) is 0 Å². The number of hydrogen-bond donors (Lipinski definition) is 2. The van der Waals surface area contributed by atoms with Gasteiger partial charge < -0.3 is 23.4 Å². The van der Waals surface area contributed by atoms with Crippen molar-refractivity contribution in [1.82, 2.24) is 4.57 Å². The number of benzene rings is 5. The van der Waals surface area contributed by atoms with Crippen LogP contribution in [-0.2, 0) is 0 Å². The standard InChI is InChI=1S/C30H18BNO4/c33-31(34)23-11-5-9-19-20-10-6-13-25(30(20)36-29(19)23)32-24-12-3-1-7-17(24)21-15-22-18-8-2-4-14-27(18)35-28(22)16-26(21)32/h1-16,33-34H. The van der Waals surface area contributed by atoms with Gasteiger partial charge in [-0.25, -0.2) is 0 Å². The highest BCUT2D eigenvalue weighted by Crippen LogP contribution is 2.40. The van der Waals surface area contributed by atoms with Gasteiger partial charge in [0.05, 0.1) is 16.7 Å². The van der Waals surface area contributed by atoms with E-state index in [1.807, 2.05) is 54.6 Å². The fourth-order valence-electron chi connectivity index (χ4n) is 5.65. The highest BCUT2D eigenvalue weighted by Gasteiger charge is 2.22. The largest absolute Gasteiger partial charge is 0.492 e. The van der Waals surface area contributed by atoms with Crippen LogP contribution in [0.3, 0.4) is 0 Å². The normalized spacial score (nSPS) is 12.2. The average molecular weight is 467 g/mol. The molecule has 0 fully saturated rings. The zero-order valence-electron chi connectivity index (χ0n) is 19.0. The van der Waals surface area contributed by atoms with Crippen LogP contribution in [0.5, 0.6) is 0 Å². The topological polar surface area (TPSA) is 71.7 Å². The predicted molar refractivity (Wildman–Crippen MR) is 145 cm³/mol. The van der Waals surface area contributed by atoms with E-state index in [2.05, 4.69) is 41.0 Å². The van der Waals surface area contributed by atoms with Crippen LogP contribution < -0.4 is 5.46 Å². The minimum Gasteiger partial charge on any atom is -0.456 e. The molecule has 3 heterocycles. The third-order valence-electron chi connectivity index (χ3n) is 7.22. The lowest BCUT2D eigenvalue weighted by molar-refractivity contribution is 0.425. The van der Waals surface area contributed by atoms with Crippen molar-refractivity contribution in [3.8, 4) is 5.69 Å². The lowest BCUT2D eigenvalue weighted by Crippen LogP contribution is -2.29. The molecule has 6 heteroatoms. The molecular weight excluding hydrogens is 449 g/mol. The molecule has 0 spiro atoms. The van der Waals surface area contributed by atoms with Gasteiger partial charge >= 0.3 is 7.12 Å². The van der Waals surface area contributed by atoms with E-state index in [0.717, 1.165) is 60.2 Å². The molecule has 0 radical (unpaired) electrons. The van der Waals surface area contributed by atoms with Crippen LogP contribution in [0, 0.1) is 0 Å². The number of para-hydroxylation sites is 4. The number of nitrogens with zero attached hydrogens (tertiary/aromatic N) is 1. The summed E-state index contributed by atoms with van der Waals surface area (Å²) in [6.45, 7) is 0. The Morgan fingerprint density at radius 1 is 0.528 bits per heavy atom. The molecule has 0 aliphatic carbocycles. The van der Waals surface area contributed by atoms with Gasteiger partial charge in [-0.05, 0) is 24.3 Å². The lowest BCUT2D eigenvalue weighted by Gasteiger charge is -2.08. The smallest absolute Gasteiger partial charge is 0.456 e. The second-order valence-corrected chi connectivity index (χ2v) is 9.17. The van der Waals surface area contributed by atoms with Gasteiger partial charge in [0, 0.05) is 43.8 Å². The molecule has 0 aliphatic heterocycles. The maximum atomic E-state index is 9.92. The summed E-state index contributed by atoms with van der Waals surface area (Å²) < 4.78 is 14.8. The summed E-state index contributed by atoms with van der Waals surface area (Å²) in [6, 6.07) is 32.3. The molecule has 0 unspecified atom stereocenters. The highest BCUT2D eigenvalue weighted by molar-refractivity contribution is 6.61. The van der Waals surface area contributed by atoms with Gasteiger partial charge in [-0.15, -0.1) is 0 Å². The van der Waals surface area contributed by atoms with E-state index in [4.69, 9.17) is 8.83 Å². The molecule has 0 bridgehead atoms. The quantitative estimate of drug-likeness (QED) is 0.295. The highest BCUT2D eigenvalue weighted by atomic mass is 16.4. The van der Waals surface area contributed by atoms with E-state index in [9.17, 15) is 10.0 Å². The number of fused-ring (bicyclic) bond motifs is 9. The van der Waals surface area contributed by atoms with Crippen LogP contribution in [-0.4, -0.2) is 21.7 Å².